The Bertz CT molecular complexity index is 856. The van der Waals surface area contributed by atoms with Gasteiger partial charge in [-0.05, 0) is 52.8 Å². The van der Waals surface area contributed by atoms with Gasteiger partial charge in [0, 0.05) is 11.1 Å². The van der Waals surface area contributed by atoms with Crippen molar-refractivity contribution >= 4 is 48.0 Å². The lowest BCUT2D eigenvalue weighted by atomic mass is 10.1. The number of guanidine groups is 1. The molecule has 7 nitrogen and oxygen atoms in total. The molecule has 3 rings (SSSR count). The number of carbonyl (C=O) groups is 1. The molecule has 0 fully saturated rings. The smallest absolute Gasteiger partial charge is 0.390 e. The number of para-hydroxylation sites is 1. The summed E-state index contributed by atoms with van der Waals surface area (Å²) in [6.07, 6.45) is 3.68. The summed E-state index contributed by atoms with van der Waals surface area (Å²) in [4.78, 5) is 27.4. The highest BCUT2D eigenvalue weighted by Crippen LogP contribution is 2.26. The number of nitro groups is 1. The summed E-state index contributed by atoms with van der Waals surface area (Å²) in [6.45, 7) is 0. The number of aliphatic imine (C=N–C) groups is 1. The Kier molecular flexibility index (Phi) is 6.15. The SMILES string of the molecule is Cl.O=C(NC(=Nc1ccccc1)[N+](=O)[O-])c1ccc2c(c1)SNC=C2. The minimum absolute atomic E-state index is 0. The number of hydrogen-bond acceptors (Lipinski definition) is 6. The molecule has 0 saturated carbocycles. The fourth-order valence-electron chi connectivity index (χ4n) is 2.04. The normalized spacial score (nSPS) is 12.4. The molecule has 0 radical (unpaired) electrons. The van der Waals surface area contributed by atoms with Crippen LogP contribution in [0.2, 0.25) is 0 Å². The van der Waals surface area contributed by atoms with Crippen molar-refractivity contribution in [1.29, 1.82) is 0 Å². The fourth-order valence-corrected chi connectivity index (χ4v) is 2.74. The number of amides is 1. The maximum Gasteiger partial charge on any atom is 0.435 e. The molecule has 1 heterocycles. The Morgan fingerprint density at radius 2 is 1.96 bits per heavy atom. The summed E-state index contributed by atoms with van der Waals surface area (Å²) in [5.41, 5.74) is 1.68. The highest BCUT2D eigenvalue weighted by molar-refractivity contribution is 7.97. The highest BCUT2D eigenvalue weighted by atomic mass is 35.5. The maximum atomic E-state index is 12.3. The van der Waals surface area contributed by atoms with Crippen LogP contribution in [0, 0.1) is 10.1 Å². The minimum Gasteiger partial charge on any atom is -0.390 e. The third-order valence-corrected chi connectivity index (χ3v) is 3.99. The minimum atomic E-state index is -0.720. The average molecular weight is 377 g/mol. The molecule has 2 aromatic carbocycles. The Balaban J connectivity index is 0.00000225. The van der Waals surface area contributed by atoms with E-state index in [1.54, 1.807) is 54.7 Å². The van der Waals surface area contributed by atoms with E-state index >= 15 is 0 Å². The van der Waals surface area contributed by atoms with Crippen molar-refractivity contribution in [2.75, 3.05) is 0 Å². The third kappa shape index (κ3) is 4.59. The van der Waals surface area contributed by atoms with E-state index in [2.05, 4.69) is 15.0 Å². The van der Waals surface area contributed by atoms with E-state index in [1.165, 1.54) is 11.9 Å². The van der Waals surface area contributed by atoms with Crippen molar-refractivity contribution in [3.05, 3.63) is 76.0 Å². The van der Waals surface area contributed by atoms with Gasteiger partial charge < -0.3 is 14.8 Å². The van der Waals surface area contributed by atoms with E-state index < -0.39 is 16.8 Å². The molecular weight excluding hydrogens is 364 g/mol. The summed E-state index contributed by atoms with van der Waals surface area (Å²) < 4.78 is 2.97. The number of halogens is 1. The van der Waals surface area contributed by atoms with E-state index in [1.807, 2.05) is 6.08 Å². The second kappa shape index (κ2) is 8.32. The summed E-state index contributed by atoms with van der Waals surface area (Å²) in [7, 11) is 0. The molecule has 1 aliphatic heterocycles. The Hall–Kier alpha value is -2.84. The molecule has 0 aliphatic carbocycles. The number of benzene rings is 2. The van der Waals surface area contributed by atoms with Gasteiger partial charge in [-0.25, -0.2) is 5.32 Å². The van der Waals surface area contributed by atoms with Crippen LogP contribution in [0.25, 0.3) is 6.08 Å². The van der Waals surface area contributed by atoms with Crippen molar-refractivity contribution in [2.45, 2.75) is 4.90 Å². The standard InChI is InChI=1S/C16H12N4O3S.ClH/c21-15(12-7-6-11-8-9-17-24-14(11)10-12)19-16(20(22)23)18-13-4-2-1-3-5-13;/h1-10,17H,(H,18,19,21);1H. The van der Waals surface area contributed by atoms with Crippen molar-refractivity contribution in [3.8, 4) is 0 Å². The third-order valence-electron chi connectivity index (χ3n) is 3.17. The van der Waals surface area contributed by atoms with Gasteiger partial charge in [-0.3, -0.25) is 4.79 Å². The first-order chi connectivity index (χ1) is 11.6. The fraction of sp³-hybridized carbons (Fsp3) is 0. The topological polar surface area (TPSA) is 96.6 Å². The van der Waals surface area contributed by atoms with Crippen LogP contribution in [0.4, 0.5) is 5.69 Å². The molecule has 2 N–H and O–H groups in total. The van der Waals surface area contributed by atoms with Crippen LogP contribution >= 0.6 is 24.4 Å². The summed E-state index contributed by atoms with van der Waals surface area (Å²) >= 11 is 1.37. The van der Waals surface area contributed by atoms with E-state index in [9.17, 15) is 14.9 Å². The van der Waals surface area contributed by atoms with Crippen molar-refractivity contribution in [1.82, 2.24) is 10.0 Å². The van der Waals surface area contributed by atoms with E-state index in [0.29, 0.717) is 11.3 Å². The molecule has 0 bridgehead atoms. The molecule has 128 valence electrons. The van der Waals surface area contributed by atoms with E-state index in [0.717, 1.165) is 10.5 Å². The quantitative estimate of drug-likeness (QED) is 0.275. The van der Waals surface area contributed by atoms with Crippen LogP contribution in [0.5, 0.6) is 0 Å². The molecule has 25 heavy (non-hydrogen) atoms. The number of rotatable bonds is 2. The Morgan fingerprint density at radius 3 is 2.68 bits per heavy atom. The molecule has 0 aromatic heterocycles. The molecule has 1 aliphatic rings. The van der Waals surface area contributed by atoms with E-state index in [-0.39, 0.29) is 12.4 Å². The second-order valence-corrected chi connectivity index (χ2v) is 5.67. The number of hydrogen-bond donors (Lipinski definition) is 2. The van der Waals surface area contributed by atoms with Crippen molar-refractivity contribution in [3.63, 3.8) is 0 Å². The molecule has 0 unspecified atom stereocenters. The van der Waals surface area contributed by atoms with Crippen LogP contribution < -0.4 is 10.0 Å². The predicted octanol–water partition coefficient (Wildman–Crippen LogP) is 3.38. The van der Waals surface area contributed by atoms with Crippen molar-refractivity contribution < 1.29 is 9.72 Å². The van der Waals surface area contributed by atoms with Gasteiger partial charge >= 0.3 is 11.9 Å². The number of fused-ring (bicyclic) bond motifs is 1. The maximum absolute atomic E-state index is 12.3. The van der Waals surface area contributed by atoms with Gasteiger partial charge in [-0.1, -0.05) is 29.3 Å². The number of nitrogens with one attached hydrogen (secondary N) is 2. The summed E-state index contributed by atoms with van der Waals surface area (Å²) in [6, 6.07) is 13.5. The van der Waals surface area contributed by atoms with Gasteiger partial charge in [-0.2, -0.15) is 0 Å². The predicted molar refractivity (Wildman–Crippen MR) is 99.7 cm³/mol. The van der Waals surface area contributed by atoms with Crippen LogP contribution in [-0.2, 0) is 0 Å². The van der Waals surface area contributed by atoms with Gasteiger partial charge in [0.2, 0.25) is 0 Å². The van der Waals surface area contributed by atoms with Gasteiger partial charge in [0.15, 0.2) is 0 Å². The molecule has 1 amide bonds. The number of carbonyl (C=O) groups excluding carboxylic acids is 1. The Morgan fingerprint density at radius 1 is 1.20 bits per heavy atom. The first-order valence-corrected chi connectivity index (χ1v) is 7.77. The lowest BCUT2D eigenvalue weighted by Gasteiger charge is -2.11. The van der Waals surface area contributed by atoms with Gasteiger partial charge in [0.25, 0.3) is 0 Å². The lowest BCUT2D eigenvalue weighted by Crippen LogP contribution is -2.35. The molecular formula is C16H13ClN4O3S. The zero-order valence-electron chi connectivity index (χ0n) is 12.7. The van der Waals surface area contributed by atoms with Gasteiger partial charge in [0.1, 0.15) is 5.69 Å². The van der Waals surface area contributed by atoms with E-state index in [4.69, 9.17) is 0 Å². The van der Waals surface area contributed by atoms with Crippen LogP contribution in [0.15, 0.2) is 64.6 Å². The zero-order valence-corrected chi connectivity index (χ0v) is 14.3. The molecule has 0 saturated heterocycles. The molecule has 2 aromatic rings. The molecule has 9 heteroatoms. The van der Waals surface area contributed by atoms with Crippen LogP contribution in [-0.4, -0.2) is 16.8 Å². The summed E-state index contributed by atoms with van der Waals surface area (Å²) in [5.74, 6) is -1.20. The average Bonchev–Trinajstić information content (AvgIpc) is 2.61. The van der Waals surface area contributed by atoms with Crippen molar-refractivity contribution in [2.24, 2.45) is 4.99 Å². The Labute approximate surface area is 153 Å². The van der Waals surface area contributed by atoms with Crippen LogP contribution in [0.3, 0.4) is 0 Å². The van der Waals surface area contributed by atoms with Crippen LogP contribution in [0.1, 0.15) is 15.9 Å². The monoisotopic (exact) mass is 376 g/mol. The first kappa shape index (κ1) is 18.5. The van der Waals surface area contributed by atoms with Gasteiger partial charge in [0.05, 0.1) is 5.56 Å². The highest BCUT2D eigenvalue weighted by Gasteiger charge is 2.20. The lowest BCUT2D eigenvalue weighted by molar-refractivity contribution is -0.354. The summed E-state index contributed by atoms with van der Waals surface area (Å²) in [5, 5.41) is 13.4. The van der Waals surface area contributed by atoms with Gasteiger partial charge in [-0.15, -0.1) is 12.4 Å². The second-order valence-electron chi connectivity index (χ2n) is 4.79. The number of nitrogens with zero attached hydrogens (tertiary/aromatic N) is 2. The first-order valence-electron chi connectivity index (χ1n) is 6.96. The molecule has 0 atom stereocenters. The zero-order chi connectivity index (χ0) is 16.9. The largest absolute Gasteiger partial charge is 0.435 e. The molecule has 0 spiro atoms.